The first kappa shape index (κ1) is 14.5. The maximum absolute atomic E-state index is 4.97. The zero-order valence-corrected chi connectivity index (χ0v) is 13.0. The van der Waals surface area contributed by atoms with Gasteiger partial charge in [0.15, 0.2) is 5.01 Å². The van der Waals surface area contributed by atoms with Crippen LogP contribution < -0.4 is 5.32 Å². The van der Waals surface area contributed by atoms with E-state index in [1.54, 1.807) is 24.6 Å². The summed E-state index contributed by atoms with van der Waals surface area (Å²) in [6.45, 7) is 2.46. The first-order chi connectivity index (χ1) is 9.31. The number of methoxy groups -OCH3 is 1. The average Bonchev–Trinajstić information content (AvgIpc) is 2.88. The molecule has 0 bridgehead atoms. The predicted molar refractivity (Wildman–Crippen MR) is 79.3 cm³/mol. The lowest BCUT2D eigenvalue weighted by atomic mass is 10.4. The number of nitrogens with one attached hydrogen (secondary N) is 1. The zero-order chi connectivity index (χ0) is 13.5. The van der Waals surface area contributed by atoms with E-state index in [0.717, 1.165) is 46.3 Å². The van der Waals surface area contributed by atoms with Gasteiger partial charge >= 0.3 is 0 Å². The van der Waals surface area contributed by atoms with E-state index in [-0.39, 0.29) is 0 Å². The number of ether oxygens (including phenoxy) is 1. The second-order valence-corrected chi connectivity index (χ2v) is 5.74. The smallest absolute Gasteiger partial charge is 0.167 e. The fraction of sp³-hybridized carbons (Fsp3) is 0.417. The van der Waals surface area contributed by atoms with Crippen LogP contribution in [0.15, 0.2) is 22.8 Å². The number of pyridine rings is 1. The topological polar surface area (TPSA) is 59.9 Å². The summed E-state index contributed by atoms with van der Waals surface area (Å²) in [6, 6.07) is 3.84. The summed E-state index contributed by atoms with van der Waals surface area (Å²) < 4.78 is 5.91. The molecule has 102 valence electrons. The quantitative estimate of drug-likeness (QED) is 0.781. The Labute approximate surface area is 124 Å². The van der Waals surface area contributed by atoms with Crippen molar-refractivity contribution in [3.05, 3.63) is 27.8 Å². The van der Waals surface area contributed by atoms with E-state index < -0.39 is 0 Å². The highest BCUT2D eigenvalue weighted by atomic mass is 79.9. The van der Waals surface area contributed by atoms with Gasteiger partial charge in [-0.1, -0.05) is 11.3 Å². The molecule has 2 rings (SSSR count). The van der Waals surface area contributed by atoms with E-state index in [1.165, 1.54) is 0 Å². The molecule has 0 saturated carbocycles. The number of rotatable bonds is 7. The monoisotopic (exact) mass is 342 g/mol. The summed E-state index contributed by atoms with van der Waals surface area (Å²) in [5, 5.41) is 13.5. The van der Waals surface area contributed by atoms with Gasteiger partial charge in [0.2, 0.25) is 0 Å². The summed E-state index contributed by atoms with van der Waals surface area (Å²) in [7, 11) is 1.70. The van der Waals surface area contributed by atoms with Crippen LogP contribution in [0.3, 0.4) is 0 Å². The second-order valence-electron chi connectivity index (χ2n) is 3.83. The standard InChI is InChI=1S/C12H15BrN4OS/c1-18-8-7-14-6-4-10-16-17-12(19-10)11-9(13)3-2-5-15-11/h2-3,5,14H,4,6-8H2,1H3. The number of aromatic nitrogens is 3. The molecule has 0 aromatic carbocycles. The van der Waals surface area contributed by atoms with Crippen molar-refractivity contribution in [2.24, 2.45) is 0 Å². The Morgan fingerprint density at radius 1 is 1.37 bits per heavy atom. The van der Waals surface area contributed by atoms with Crippen LogP contribution in [0.2, 0.25) is 0 Å². The van der Waals surface area contributed by atoms with Gasteiger partial charge in [-0.15, -0.1) is 10.2 Å². The van der Waals surface area contributed by atoms with Crippen molar-refractivity contribution in [1.82, 2.24) is 20.5 Å². The van der Waals surface area contributed by atoms with Crippen molar-refractivity contribution in [3.8, 4) is 10.7 Å². The van der Waals surface area contributed by atoms with Gasteiger partial charge in [0.25, 0.3) is 0 Å². The van der Waals surface area contributed by atoms with Gasteiger partial charge in [-0.3, -0.25) is 4.98 Å². The highest BCUT2D eigenvalue weighted by Crippen LogP contribution is 2.28. The molecule has 19 heavy (non-hydrogen) atoms. The Balaban J connectivity index is 1.91. The largest absolute Gasteiger partial charge is 0.383 e. The Morgan fingerprint density at radius 3 is 3.05 bits per heavy atom. The maximum atomic E-state index is 4.97. The first-order valence-electron chi connectivity index (χ1n) is 5.94. The molecule has 7 heteroatoms. The number of nitrogens with zero attached hydrogens (tertiary/aromatic N) is 3. The third kappa shape index (κ3) is 4.31. The molecule has 0 aliphatic carbocycles. The summed E-state index contributed by atoms with van der Waals surface area (Å²) >= 11 is 5.05. The molecule has 0 spiro atoms. The lowest BCUT2D eigenvalue weighted by molar-refractivity contribution is 0.199. The molecule has 0 fully saturated rings. The third-order valence-electron chi connectivity index (χ3n) is 2.43. The van der Waals surface area contributed by atoms with Gasteiger partial charge in [0.05, 0.1) is 6.61 Å². The molecular formula is C12H15BrN4OS. The van der Waals surface area contributed by atoms with Crippen molar-refractivity contribution < 1.29 is 4.74 Å². The minimum atomic E-state index is 0.724. The van der Waals surface area contributed by atoms with Crippen molar-refractivity contribution in [2.75, 3.05) is 26.8 Å². The van der Waals surface area contributed by atoms with Crippen LogP contribution in [-0.2, 0) is 11.2 Å². The number of halogens is 1. The molecule has 0 aliphatic rings. The molecule has 0 unspecified atom stereocenters. The molecule has 2 heterocycles. The van der Waals surface area contributed by atoms with Crippen LogP contribution in [0.4, 0.5) is 0 Å². The van der Waals surface area contributed by atoms with Crippen molar-refractivity contribution in [2.45, 2.75) is 6.42 Å². The van der Waals surface area contributed by atoms with E-state index >= 15 is 0 Å². The highest BCUT2D eigenvalue weighted by Gasteiger charge is 2.10. The second kappa shape index (κ2) is 7.64. The van der Waals surface area contributed by atoms with Crippen molar-refractivity contribution in [1.29, 1.82) is 0 Å². The first-order valence-corrected chi connectivity index (χ1v) is 7.55. The third-order valence-corrected chi connectivity index (χ3v) is 4.06. The maximum Gasteiger partial charge on any atom is 0.167 e. The van der Waals surface area contributed by atoms with Crippen molar-refractivity contribution >= 4 is 27.3 Å². The molecule has 0 atom stereocenters. The van der Waals surface area contributed by atoms with Crippen LogP contribution in [-0.4, -0.2) is 42.0 Å². The van der Waals surface area contributed by atoms with Crippen molar-refractivity contribution in [3.63, 3.8) is 0 Å². The van der Waals surface area contributed by atoms with Gasteiger partial charge in [-0.2, -0.15) is 0 Å². The van der Waals surface area contributed by atoms with Gasteiger partial charge in [-0.25, -0.2) is 0 Å². The van der Waals surface area contributed by atoms with Crippen LogP contribution in [0.25, 0.3) is 10.7 Å². The Morgan fingerprint density at radius 2 is 2.26 bits per heavy atom. The van der Waals surface area contributed by atoms with E-state index in [2.05, 4.69) is 36.4 Å². The predicted octanol–water partition coefficient (Wildman–Crippen LogP) is 2.14. The normalized spacial score (nSPS) is 10.8. The summed E-state index contributed by atoms with van der Waals surface area (Å²) in [5.41, 5.74) is 0.846. The lowest BCUT2D eigenvalue weighted by Gasteiger charge is -2.00. The molecule has 0 saturated heterocycles. The average molecular weight is 343 g/mol. The SMILES string of the molecule is COCCNCCc1nnc(-c2ncccc2Br)s1. The fourth-order valence-electron chi connectivity index (χ4n) is 1.49. The van der Waals surface area contributed by atoms with E-state index in [9.17, 15) is 0 Å². The lowest BCUT2D eigenvalue weighted by Crippen LogP contribution is -2.21. The highest BCUT2D eigenvalue weighted by molar-refractivity contribution is 9.10. The van der Waals surface area contributed by atoms with Crippen LogP contribution in [0, 0.1) is 0 Å². The Bertz CT molecular complexity index is 520. The molecule has 2 aromatic rings. The minimum Gasteiger partial charge on any atom is -0.383 e. The van der Waals surface area contributed by atoms with E-state index in [1.807, 2.05) is 12.1 Å². The zero-order valence-electron chi connectivity index (χ0n) is 10.6. The van der Waals surface area contributed by atoms with Gasteiger partial charge in [0, 0.05) is 37.3 Å². The fourth-order valence-corrected chi connectivity index (χ4v) is 2.91. The molecule has 0 radical (unpaired) electrons. The summed E-state index contributed by atoms with van der Waals surface area (Å²) in [5.74, 6) is 0. The van der Waals surface area contributed by atoms with Gasteiger partial charge in [0.1, 0.15) is 10.7 Å². The van der Waals surface area contributed by atoms with Crippen LogP contribution in [0.5, 0.6) is 0 Å². The van der Waals surface area contributed by atoms with Crippen LogP contribution in [0.1, 0.15) is 5.01 Å². The molecule has 2 aromatic heterocycles. The van der Waals surface area contributed by atoms with Crippen LogP contribution >= 0.6 is 27.3 Å². The molecule has 0 aliphatic heterocycles. The molecule has 0 amide bonds. The molecule has 5 nitrogen and oxygen atoms in total. The van der Waals surface area contributed by atoms with E-state index in [0.29, 0.717) is 0 Å². The van der Waals surface area contributed by atoms with E-state index in [4.69, 9.17) is 4.74 Å². The Kier molecular flexibility index (Phi) is 5.84. The Hall–Kier alpha value is -0.890. The minimum absolute atomic E-state index is 0.724. The van der Waals surface area contributed by atoms with Gasteiger partial charge in [-0.05, 0) is 28.1 Å². The van der Waals surface area contributed by atoms with Gasteiger partial charge < -0.3 is 10.1 Å². The molecular weight excluding hydrogens is 328 g/mol. The summed E-state index contributed by atoms with van der Waals surface area (Å²) in [6.07, 6.45) is 2.62. The molecule has 1 N–H and O–H groups in total. The number of hydrogen-bond acceptors (Lipinski definition) is 6. The summed E-state index contributed by atoms with van der Waals surface area (Å²) in [4.78, 5) is 4.31. The number of hydrogen-bond donors (Lipinski definition) is 1.